The SMILES string of the molecule is CCCS(=O)Cc1ccc(C(N)=O)cc1N. The molecule has 5 heteroatoms. The lowest BCUT2D eigenvalue weighted by Gasteiger charge is -2.06. The zero-order chi connectivity index (χ0) is 12.1. The molecule has 0 saturated carbocycles. The van der Waals surface area contributed by atoms with Gasteiger partial charge in [-0.3, -0.25) is 9.00 Å². The Balaban J connectivity index is 2.83. The van der Waals surface area contributed by atoms with Crippen LogP contribution < -0.4 is 11.5 Å². The van der Waals surface area contributed by atoms with Crippen LogP contribution in [0.2, 0.25) is 0 Å². The summed E-state index contributed by atoms with van der Waals surface area (Å²) in [6.07, 6.45) is 0.881. The van der Waals surface area contributed by atoms with Crippen molar-refractivity contribution in [2.75, 3.05) is 11.5 Å². The predicted octanol–water partition coefficient (Wildman–Crippen LogP) is 1.03. The molecule has 0 heterocycles. The highest BCUT2D eigenvalue weighted by molar-refractivity contribution is 7.84. The second kappa shape index (κ2) is 5.65. The summed E-state index contributed by atoms with van der Waals surface area (Å²) in [7, 11) is -0.895. The van der Waals surface area contributed by atoms with Crippen LogP contribution in [0.1, 0.15) is 29.3 Å². The Hall–Kier alpha value is -1.36. The minimum atomic E-state index is -0.895. The van der Waals surface area contributed by atoms with Crippen molar-refractivity contribution in [3.05, 3.63) is 29.3 Å². The van der Waals surface area contributed by atoms with Crippen molar-refractivity contribution in [2.24, 2.45) is 5.73 Å². The number of nitrogens with two attached hydrogens (primary N) is 2. The summed E-state index contributed by atoms with van der Waals surface area (Å²) in [5.74, 6) is 0.586. The van der Waals surface area contributed by atoms with E-state index < -0.39 is 16.7 Å². The first-order valence-corrected chi connectivity index (χ1v) is 6.56. The number of amides is 1. The summed E-state index contributed by atoms with van der Waals surface area (Å²) in [4.78, 5) is 10.9. The van der Waals surface area contributed by atoms with Crippen LogP contribution in [0.3, 0.4) is 0 Å². The van der Waals surface area contributed by atoms with Crippen molar-refractivity contribution in [3.63, 3.8) is 0 Å². The van der Waals surface area contributed by atoms with E-state index in [0.29, 0.717) is 22.8 Å². The number of carbonyl (C=O) groups is 1. The van der Waals surface area contributed by atoms with Gasteiger partial charge < -0.3 is 11.5 Å². The Labute approximate surface area is 97.5 Å². The van der Waals surface area contributed by atoms with Crippen LogP contribution >= 0.6 is 0 Å². The van der Waals surface area contributed by atoms with Gasteiger partial charge in [0.25, 0.3) is 0 Å². The highest BCUT2D eigenvalue weighted by Crippen LogP contribution is 2.16. The fourth-order valence-corrected chi connectivity index (χ4v) is 2.56. The lowest BCUT2D eigenvalue weighted by molar-refractivity contribution is 0.100. The minimum absolute atomic E-state index is 0.377. The summed E-state index contributed by atoms with van der Waals surface area (Å²) < 4.78 is 11.5. The molecular formula is C11H16N2O2S. The molecule has 4 nitrogen and oxygen atoms in total. The topological polar surface area (TPSA) is 86.2 Å². The molecule has 0 bridgehead atoms. The fourth-order valence-electron chi connectivity index (χ4n) is 1.35. The number of anilines is 1. The number of hydrogen-bond donors (Lipinski definition) is 2. The largest absolute Gasteiger partial charge is 0.398 e. The van der Waals surface area contributed by atoms with Gasteiger partial charge in [-0.15, -0.1) is 0 Å². The summed E-state index contributed by atoms with van der Waals surface area (Å²) in [6.45, 7) is 1.98. The van der Waals surface area contributed by atoms with E-state index in [4.69, 9.17) is 11.5 Å². The molecule has 88 valence electrons. The smallest absolute Gasteiger partial charge is 0.248 e. The molecule has 1 aromatic rings. The predicted molar refractivity (Wildman–Crippen MR) is 66.4 cm³/mol. The highest BCUT2D eigenvalue weighted by atomic mass is 32.2. The van der Waals surface area contributed by atoms with Crippen LogP contribution in [-0.4, -0.2) is 15.9 Å². The Bertz CT molecular complexity index is 418. The normalized spacial score (nSPS) is 12.3. The van der Waals surface area contributed by atoms with Gasteiger partial charge in [-0.1, -0.05) is 13.0 Å². The lowest BCUT2D eigenvalue weighted by Crippen LogP contribution is -2.12. The van der Waals surface area contributed by atoms with Crippen LogP contribution in [0.4, 0.5) is 5.69 Å². The van der Waals surface area contributed by atoms with E-state index in [2.05, 4.69) is 0 Å². The molecular weight excluding hydrogens is 224 g/mol. The van der Waals surface area contributed by atoms with E-state index in [9.17, 15) is 9.00 Å². The fraction of sp³-hybridized carbons (Fsp3) is 0.364. The van der Waals surface area contributed by atoms with Crippen molar-refractivity contribution in [2.45, 2.75) is 19.1 Å². The maximum absolute atomic E-state index is 11.5. The summed E-state index contributed by atoms with van der Waals surface area (Å²) in [6, 6.07) is 4.85. The number of primary amides is 1. The van der Waals surface area contributed by atoms with Gasteiger partial charge in [0, 0.05) is 27.8 Å². The van der Waals surface area contributed by atoms with Crippen molar-refractivity contribution >= 4 is 22.4 Å². The van der Waals surface area contributed by atoms with Crippen molar-refractivity contribution < 1.29 is 9.00 Å². The molecule has 1 unspecified atom stereocenters. The molecule has 16 heavy (non-hydrogen) atoms. The number of carbonyl (C=O) groups excluding carboxylic acids is 1. The zero-order valence-electron chi connectivity index (χ0n) is 9.23. The van der Waals surface area contributed by atoms with E-state index in [1.54, 1.807) is 12.1 Å². The van der Waals surface area contributed by atoms with E-state index in [1.165, 1.54) is 6.07 Å². The maximum Gasteiger partial charge on any atom is 0.248 e. The second-order valence-corrected chi connectivity index (χ2v) is 5.14. The van der Waals surface area contributed by atoms with Crippen molar-refractivity contribution in [1.82, 2.24) is 0 Å². The molecule has 0 spiro atoms. The third-order valence-electron chi connectivity index (χ3n) is 2.18. The Morgan fingerprint density at radius 1 is 1.44 bits per heavy atom. The zero-order valence-corrected chi connectivity index (χ0v) is 10.0. The van der Waals surface area contributed by atoms with E-state index in [1.807, 2.05) is 6.92 Å². The van der Waals surface area contributed by atoms with Gasteiger partial charge in [0.2, 0.25) is 5.91 Å². The van der Waals surface area contributed by atoms with Gasteiger partial charge in [-0.05, 0) is 24.1 Å². The van der Waals surface area contributed by atoms with Gasteiger partial charge >= 0.3 is 0 Å². The monoisotopic (exact) mass is 240 g/mol. The Morgan fingerprint density at radius 3 is 2.62 bits per heavy atom. The second-order valence-electron chi connectivity index (χ2n) is 3.57. The van der Waals surface area contributed by atoms with Crippen LogP contribution in [0.25, 0.3) is 0 Å². The molecule has 1 atom stereocenters. The summed E-state index contributed by atoms with van der Waals surface area (Å²) in [5.41, 5.74) is 12.5. The van der Waals surface area contributed by atoms with Gasteiger partial charge in [-0.2, -0.15) is 0 Å². The molecule has 0 saturated heterocycles. The lowest BCUT2D eigenvalue weighted by atomic mass is 10.1. The highest BCUT2D eigenvalue weighted by Gasteiger charge is 2.07. The van der Waals surface area contributed by atoms with E-state index >= 15 is 0 Å². The Morgan fingerprint density at radius 2 is 2.12 bits per heavy atom. The first kappa shape index (κ1) is 12.7. The molecule has 0 aliphatic rings. The van der Waals surface area contributed by atoms with Crippen LogP contribution in [0, 0.1) is 0 Å². The average molecular weight is 240 g/mol. The van der Waals surface area contributed by atoms with Gasteiger partial charge in [0.1, 0.15) is 0 Å². The summed E-state index contributed by atoms with van der Waals surface area (Å²) in [5, 5.41) is 0. The van der Waals surface area contributed by atoms with E-state index in [0.717, 1.165) is 12.0 Å². The molecule has 0 aliphatic heterocycles. The standard InChI is InChI=1S/C11H16N2O2S/c1-2-5-16(15)7-9-4-3-8(11(13)14)6-10(9)12/h3-4,6H,2,5,7,12H2,1H3,(H2,13,14). The Kier molecular flexibility index (Phi) is 4.49. The number of benzene rings is 1. The van der Waals surface area contributed by atoms with Crippen LogP contribution in [-0.2, 0) is 16.6 Å². The van der Waals surface area contributed by atoms with Crippen LogP contribution in [0.5, 0.6) is 0 Å². The minimum Gasteiger partial charge on any atom is -0.398 e. The molecule has 0 radical (unpaired) electrons. The third-order valence-corrected chi connectivity index (χ3v) is 3.68. The number of hydrogen-bond acceptors (Lipinski definition) is 3. The number of nitrogen functional groups attached to an aromatic ring is 1. The molecule has 1 aromatic carbocycles. The first-order valence-electron chi connectivity index (χ1n) is 5.07. The molecule has 0 aliphatic carbocycles. The van der Waals surface area contributed by atoms with Crippen LogP contribution in [0.15, 0.2) is 18.2 Å². The molecule has 1 amide bonds. The third kappa shape index (κ3) is 3.34. The van der Waals surface area contributed by atoms with Gasteiger partial charge in [0.05, 0.1) is 5.75 Å². The quantitative estimate of drug-likeness (QED) is 0.753. The molecule has 0 fully saturated rings. The average Bonchev–Trinajstić information content (AvgIpc) is 2.21. The van der Waals surface area contributed by atoms with E-state index in [-0.39, 0.29) is 0 Å². The van der Waals surface area contributed by atoms with Gasteiger partial charge in [0.15, 0.2) is 0 Å². The number of rotatable bonds is 5. The van der Waals surface area contributed by atoms with Gasteiger partial charge in [-0.25, -0.2) is 0 Å². The molecule has 1 rings (SSSR count). The first-order chi connectivity index (χ1) is 7.54. The molecule has 0 aromatic heterocycles. The molecule has 4 N–H and O–H groups in total. The maximum atomic E-state index is 11.5. The van der Waals surface area contributed by atoms with Crippen molar-refractivity contribution in [1.29, 1.82) is 0 Å². The summed E-state index contributed by atoms with van der Waals surface area (Å²) >= 11 is 0. The van der Waals surface area contributed by atoms with Crippen molar-refractivity contribution in [3.8, 4) is 0 Å².